The van der Waals surface area contributed by atoms with Crippen molar-refractivity contribution in [3.63, 3.8) is 0 Å². The summed E-state index contributed by atoms with van der Waals surface area (Å²) >= 11 is 0. The molecule has 0 aliphatic heterocycles. The van der Waals surface area contributed by atoms with Crippen molar-refractivity contribution < 1.29 is 35.7 Å². The Morgan fingerprint density at radius 1 is 0.765 bits per heavy atom. The van der Waals surface area contributed by atoms with Gasteiger partial charge in [0.2, 0.25) is 0 Å². The number of rotatable bonds is 8. The number of aliphatic hydroxyl groups excluding tert-OH is 7. The molecule has 0 saturated carbocycles. The van der Waals surface area contributed by atoms with Crippen LogP contribution in [0.2, 0.25) is 0 Å². The third kappa shape index (κ3) is 4.82. The van der Waals surface area contributed by atoms with Crippen molar-refractivity contribution in [3.05, 3.63) is 0 Å². The van der Waals surface area contributed by atoms with E-state index in [0.29, 0.717) is 0 Å². The molecule has 0 spiro atoms. The molecule has 0 saturated heterocycles. The van der Waals surface area contributed by atoms with Gasteiger partial charge in [-0.1, -0.05) is 0 Å². The van der Waals surface area contributed by atoms with E-state index in [-0.39, 0.29) is 6.54 Å². The molecule has 0 aliphatic rings. The minimum Gasteiger partial charge on any atom is -0.394 e. The highest BCUT2D eigenvalue weighted by atomic mass is 16.4. The summed E-state index contributed by atoms with van der Waals surface area (Å²) < 4.78 is 0. The molecule has 17 heavy (non-hydrogen) atoms. The van der Waals surface area contributed by atoms with Crippen LogP contribution in [0.3, 0.4) is 0 Å². The molecule has 0 bridgehead atoms. The number of hydrogen-bond acceptors (Lipinski definition) is 8. The molecule has 0 rings (SSSR count). The van der Waals surface area contributed by atoms with Crippen molar-refractivity contribution >= 4 is 0 Å². The molecule has 8 nitrogen and oxygen atoms in total. The molecular weight excluding hydrogens is 234 g/mol. The molecule has 8 heteroatoms. The van der Waals surface area contributed by atoms with Gasteiger partial charge in [-0.25, -0.2) is 0 Å². The van der Waals surface area contributed by atoms with E-state index in [4.69, 9.17) is 10.2 Å². The molecule has 0 amide bonds. The third-order valence-electron chi connectivity index (χ3n) is 2.44. The third-order valence-corrected chi connectivity index (χ3v) is 2.44. The topological polar surface area (TPSA) is 154 Å². The fraction of sp³-hybridized carbons (Fsp3) is 1.00. The molecule has 0 radical (unpaired) electrons. The maximum absolute atomic E-state index is 9.46. The molecule has 0 aromatic carbocycles. The Balaban J connectivity index is 4.41. The summed E-state index contributed by atoms with van der Waals surface area (Å²) in [6, 6.07) is 0. The van der Waals surface area contributed by atoms with Gasteiger partial charge < -0.3 is 41.1 Å². The minimum absolute atomic E-state index is 0.0242. The van der Waals surface area contributed by atoms with Crippen molar-refractivity contribution in [3.8, 4) is 0 Å². The van der Waals surface area contributed by atoms with Gasteiger partial charge in [0.25, 0.3) is 0 Å². The maximum Gasteiger partial charge on any atom is 0.111 e. The Morgan fingerprint density at radius 3 is 1.53 bits per heavy atom. The van der Waals surface area contributed by atoms with Gasteiger partial charge in [0.05, 0.1) is 12.7 Å². The van der Waals surface area contributed by atoms with E-state index >= 15 is 0 Å². The van der Waals surface area contributed by atoms with Gasteiger partial charge in [-0.15, -0.1) is 0 Å². The first-order valence-corrected chi connectivity index (χ1v) is 5.20. The van der Waals surface area contributed by atoms with E-state index in [1.807, 2.05) is 0 Å². The predicted octanol–water partition coefficient (Wildman–Crippen LogP) is -4.64. The smallest absolute Gasteiger partial charge is 0.111 e. The monoisotopic (exact) mass is 255 g/mol. The van der Waals surface area contributed by atoms with E-state index in [1.165, 1.54) is 7.05 Å². The van der Waals surface area contributed by atoms with Crippen LogP contribution in [-0.4, -0.2) is 92.6 Å². The maximum atomic E-state index is 9.46. The lowest BCUT2D eigenvalue weighted by Gasteiger charge is -2.30. The highest BCUT2D eigenvalue weighted by Gasteiger charge is 2.36. The highest BCUT2D eigenvalue weighted by Crippen LogP contribution is 2.10. The van der Waals surface area contributed by atoms with Gasteiger partial charge in [-0.2, -0.15) is 0 Å². The zero-order valence-corrected chi connectivity index (χ0v) is 9.51. The number of hydrogen-bond donors (Lipinski definition) is 8. The Kier molecular flexibility index (Phi) is 7.75. The van der Waals surface area contributed by atoms with Crippen LogP contribution in [-0.2, 0) is 0 Å². The number of aliphatic hydroxyl groups is 7. The second-order valence-electron chi connectivity index (χ2n) is 3.84. The van der Waals surface area contributed by atoms with Gasteiger partial charge in [0, 0.05) is 6.54 Å². The zero-order valence-electron chi connectivity index (χ0n) is 9.51. The first-order valence-electron chi connectivity index (χ1n) is 5.20. The standard InChI is InChI=1S/C9H21NO7/c1-10-2-4(12)6(14)8(16)9(17)7(15)5(13)3-11/h4-17H,2-3H2,1H3. The van der Waals surface area contributed by atoms with E-state index in [2.05, 4.69) is 5.32 Å². The summed E-state index contributed by atoms with van der Waals surface area (Å²) in [6.07, 6.45) is -10.3. The Hall–Kier alpha value is -0.320. The van der Waals surface area contributed by atoms with Gasteiger partial charge in [-0.3, -0.25) is 0 Å². The van der Waals surface area contributed by atoms with E-state index in [0.717, 1.165) is 0 Å². The average Bonchev–Trinajstić information content (AvgIpc) is 2.34. The summed E-state index contributed by atoms with van der Waals surface area (Å²) in [5, 5.41) is 67.1. The van der Waals surface area contributed by atoms with Crippen molar-refractivity contribution in [1.82, 2.24) is 5.32 Å². The largest absolute Gasteiger partial charge is 0.394 e. The molecule has 0 aliphatic carbocycles. The summed E-state index contributed by atoms with van der Waals surface area (Å²) in [7, 11) is 1.52. The lowest BCUT2D eigenvalue weighted by molar-refractivity contribution is -0.156. The van der Waals surface area contributed by atoms with Crippen LogP contribution >= 0.6 is 0 Å². The van der Waals surface area contributed by atoms with Crippen LogP contribution in [0.25, 0.3) is 0 Å². The normalized spacial score (nSPS) is 22.6. The number of nitrogens with one attached hydrogen (secondary N) is 1. The van der Waals surface area contributed by atoms with Crippen LogP contribution in [0.4, 0.5) is 0 Å². The van der Waals surface area contributed by atoms with Crippen LogP contribution in [0.15, 0.2) is 0 Å². The summed E-state index contributed by atoms with van der Waals surface area (Å²) in [5.41, 5.74) is 0. The number of likely N-dealkylation sites (N-methyl/N-ethyl adjacent to an activating group) is 1. The van der Waals surface area contributed by atoms with Crippen LogP contribution in [0, 0.1) is 0 Å². The molecule has 0 aromatic heterocycles. The van der Waals surface area contributed by atoms with Crippen LogP contribution < -0.4 is 5.32 Å². The summed E-state index contributed by atoms with van der Waals surface area (Å²) in [4.78, 5) is 0. The molecule has 0 aromatic rings. The lowest BCUT2D eigenvalue weighted by Crippen LogP contribution is -2.54. The Labute approximate surface area is 98.8 Å². The fourth-order valence-corrected chi connectivity index (χ4v) is 1.30. The van der Waals surface area contributed by atoms with Crippen molar-refractivity contribution in [2.45, 2.75) is 36.6 Å². The Morgan fingerprint density at radius 2 is 1.18 bits per heavy atom. The second kappa shape index (κ2) is 7.90. The quantitative estimate of drug-likeness (QED) is 0.215. The SMILES string of the molecule is CNCC(O)C(O)C(O)C(O)C(O)C(O)CO. The highest BCUT2D eigenvalue weighted by molar-refractivity contribution is 4.87. The summed E-state index contributed by atoms with van der Waals surface area (Å²) in [6.45, 7) is -0.830. The van der Waals surface area contributed by atoms with Crippen molar-refractivity contribution in [2.24, 2.45) is 0 Å². The fourth-order valence-electron chi connectivity index (χ4n) is 1.30. The van der Waals surface area contributed by atoms with Crippen molar-refractivity contribution in [1.29, 1.82) is 0 Å². The van der Waals surface area contributed by atoms with Crippen molar-refractivity contribution in [2.75, 3.05) is 20.2 Å². The van der Waals surface area contributed by atoms with E-state index in [9.17, 15) is 25.5 Å². The minimum atomic E-state index is -1.89. The van der Waals surface area contributed by atoms with Gasteiger partial charge in [0.1, 0.15) is 30.5 Å². The van der Waals surface area contributed by atoms with E-state index < -0.39 is 43.2 Å². The van der Waals surface area contributed by atoms with Gasteiger partial charge in [-0.05, 0) is 7.05 Å². The van der Waals surface area contributed by atoms with Crippen LogP contribution in [0.5, 0.6) is 0 Å². The van der Waals surface area contributed by atoms with Gasteiger partial charge >= 0.3 is 0 Å². The molecule has 104 valence electrons. The molecule has 6 unspecified atom stereocenters. The molecular formula is C9H21NO7. The predicted molar refractivity (Wildman–Crippen MR) is 57.1 cm³/mol. The lowest BCUT2D eigenvalue weighted by atomic mass is 9.96. The molecule has 0 fully saturated rings. The Bertz CT molecular complexity index is 206. The second-order valence-corrected chi connectivity index (χ2v) is 3.84. The van der Waals surface area contributed by atoms with Gasteiger partial charge in [0.15, 0.2) is 0 Å². The molecule has 6 atom stereocenters. The summed E-state index contributed by atoms with van der Waals surface area (Å²) in [5.74, 6) is 0. The van der Waals surface area contributed by atoms with E-state index in [1.54, 1.807) is 0 Å². The molecule has 0 heterocycles. The first-order chi connectivity index (χ1) is 7.86. The zero-order chi connectivity index (χ0) is 13.6. The molecule has 8 N–H and O–H groups in total. The van der Waals surface area contributed by atoms with Crippen LogP contribution in [0.1, 0.15) is 0 Å². The average molecular weight is 255 g/mol. The first kappa shape index (κ1) is 16.7.